The zero-order chi connectivity index (χ0) is 19.7. The van der Waals surface area contributed by atoms with Crippen LogP contribution in [0, 0.1) is 11.8 Å². The van der Waals surface area contributed by atoms with E-state index >= 15 is 0 Å². The van der Waals surface area contributed by atoms with Crippen LogP contribution in [-0.2, 0) is 9.59 Å². The fourth-order valence-corrected chi connectivity index (χ4v) is 4.08. The summed E-state index contributed by atoms with van der Waals surface area (Å²) in [6.07, 6.45) is 0. The Morgan fingerprint density at radius 2 is 1.00 bits per heavy atom. The number of carbonyl (C=O) groups excluding carboxylic acids is 4. The lowest BCUT2D eigenvalue weighted by Crippen LogP contribution is -2.55. The molecule has 5 rings (SSSR count). The van der Waals surface area contributed by atoms with Crippen molar-refractivity contribution in [2.45, 2.75) is 0 Å². The quantitative estimate of drug-likeness (QED) is 0.619. The fourth-order valence-electron chi connectivity index (χ4n) is 3.73. The summed E-state index contributed by atoms with van der Waals surface area (Å²) in [4.78, 5) is 60.5. The second-order valence-corrected chi connectivity index (χ2v) is 7.51. The first kappa shape index (κ1) is 17.2. The topological polar surface area (TPSA) is 93.0 Å². The van der Waals surface area contributed by atoms with E-state index in [9.17, 15) is 19.2 Å². The highest BCUT2D eigenvalue weighted by atomic mass is 35.5. The Morgan fingerprint density at radius 1 is 0.607 bits per heavy atom. The molecule has 0 radical (unpaired) electrons. The minimum atomic E-state index is -1.41. The van der Waals surface area contributed by atoms with Crippen molar-refractivity contribution in [3.63, 3.8) is 0 Å². The highest BCUT2D eigenvalue weighted by molar-refractivity contribution is 6.71. The van der Waals surface area contributed by atoms with Gasteiger partial charge in [0.05, 0.1) is 11.4 Å². The number of fused-ring (bicyclic) bond motifs is 4. The number of rotatable bonds is 0. The number of benzene rings is 2. The van der Waals surface area contributed by atoms with Gasteiger partial charge >= 0.3 is 0 Å². The molecule has 2 aliphatic heterocycles. The van der Waals surface area contributed by atoms with Crippen molar-refractivity contribution in [3.05, 3.63) is 57.6 Å². The molecular weight excluding hydrogens is 403 g/mol. The van der Waals surface area contributed by atoms with Crippen molar-refractivity contribution < 1.29 is 19.2 Å². The second kappa shape index (κ2) is 5.77. The smallest absolute Gasteiger partial charge is 0.195 e. The minimum absolute atomic E-state index is 0.163. The van der Waals surface area contributed by atoms with Crippen LogP contribution in [0.3, 0.4) is 0 Å². The molecule has 2 heterocycles. The maximum absolute atomic E-state index is 13.1. The summed E-state index contributed by atoms with van der Waals surface area (Å²) in [5.74, 6) is -5.33. The van der Waals surface area contributed by atoms with Gasteiger partial charge in [-0.05, 0) is 36.4 Å². The van der Waals surface area contributed by atoms with E-state index in [0.29, 0.717) is 10.0 Å². The Hall–Kier alpha value is -2.96. The average molecular weight is 411 g/mol. The molecule has 2 aromatic rings. The van der Waals surface area contributed by atoms with Gasteiger partial charge < -0.3 is 0 Å². The molecule has 2 atom stereocenters. The molecule has 136 valence electrons. The molecule has 1 saturated carbocycles. The zero-order valence-electron chi connectivity index (χ0n) is 13.9. The van der Waals surface area contributed by atoms with Crippen LogP contribution in [0.2, 0.25) is 10.0 Å². The number of hydrogen-bond donors (Lipinski definition) is 0. The number of ketones is 4. The molecule has 0 N–H and O–H groups in total. The van der Waals surface area contributed by atoms with Gasteiger partial charge in [-0.1, -0.05) is 23.2 Å². The lowest BCUT2D eigenvalue weighted by Gasteiger charge is -2.32. The Kier molecular flexibility index (Phi) is 3.53. The van der Waals surface area contributed by atoms with Crippen molar-refractivity contribution >= 4 is 69.1 Å². The summed E-state index contributed by atoms with van der Waals surface area (Å²) in [7, 11) is 0. The van der Waals surface area contributed by atoms with Crippen LogP contribution in [0.5, 0.6) is 0 Å². The first-order chi connectivity index (χ1) is 13.4. The first-order valence-corrected chi connectivity index (χ1v) is 9.05. The van der Waals surface area contributed by atoms with E-state index in [1.165, 1.54) is 36.4 Å². The number of aliphatic imine (C=N–C) groups is 2. The van der Waals surface area contributed by atoms with Crippen molar-refractivity contribution in [2.24, 2.45) is 21.8 Å². The van der Waals surface area contributed by atoms with Gasteiger partial charge in [0, 0.05) is 21.2 Å². The summed E-state index contributed by atoms with van der Waals surface area (Å²) in [6, 6.07) is 8.88. The maximum atomic E-state index is 13.1. The molecule has 1 aliphatic carbocycles. The molecular formula is C20H8Cl2N2O4. The highest BCUT2D eigenvalue weighted by Gasteiger charge is 2.54. The lowest BCUT2D eigenvalue weighted by atomic mass is 9.69. The third-order valence-electron chi connectivity index (χ3n) is 5.03. The molecule has 1 fully saturated rings. The lowest BCUT2D eigenvalue weighted by molar-refractivity contribution is -0.119. The Bertz CT molecular complexity index is 1130. The predicted octanol–water partition coefficient (Wildman–Crippen LogP) is 3.62. The molecule has 0 bridgehead atoms. The SMILES string of the molecule is O=C1C2=Nc3ccc(Cl)cc3C(=O)C2C(=O)C2=Nc3ccc(Cl)cc3C(=O)C12. The van der Waals surface area contributed by atoms with Crippen LogP contribution in [0.4, 0.5) is 11.4 Å². The van der Waals surface area contributed by atoms with E-state index in [0.717, 1.165) is 0 Å². The van der Waals surface area contributed by atoms with Gasteiger partial charge in [0.1, 0.15) is 23.3 Å². The van der Waals surface area contributed by atoms with Crippen LogP contribution in [0.25, 0.3) is 0 Å². The molecule has 3 aliphatic rings. The van der Waals surface area contributed by atoms with Crippen LogP contribution in [-0.4, -0.2) is 34.6 Å². The molecule has 2 unspecified atom stereocenters. The van der Waals surface area contributed by atoms with E-state index in [-0.39, 0.29) is 33.9 Å². The molecule has 28 heavy (non-hydrogen) atoms. The molecule has 6 nitrogen and oxygen atoms in total. The molecule has 0 spiro atoms. The van der Waals surface area contributed by atoms with Crippen molar-refractivity contribution in [3.8, 4) is 0 Å². The standard InChI is InChI=1S/C20H8Cl2N2O4/c21-7-1-3-11-9(5-7)17(25)13-15(23-11)19(27)14-16(20(13)28)24-12-4-2-8(22)6-10(12)18(14)26/h1-6,13-14H. The van der Waals surface area contributed by atoms with Crippen LogP contribution >= 0.6 is 23.2 Å². The van der Waals surface area contributed by atoms with Crippen LogP contribution in [0.15, 0.2) is 46.4 Å². The van der Waals surface area contributed by atoms with Crippen molar-refractivity contribution in [2.75, 3.05) is 0 Å². The number of carbonyl (C=O) groups is 4. The maximum Gasteiger partial charge on any atom is 0.195 e. The molecule has 0 amide bonds. The van der Waals surface area contributed by atoms with Crippen molar-refractivity contribution in [1.29, 1.82) is 0 Å². The highest BCUT2D eigenvalue weighted by Crippen LogP contribution is 2.39. The Morgan fingerprint density at radius 3 is 1.39 bits per heavy atom. The van der Waals surface area contributed by atoms with Gasteiger partial charge in [-0.3, -0.25) is 19.2 Å². The van der Waals surface area contributed by atoms with Gasteiger partial charge in [-0.25, -0.2) is 9.98 Å². The summed E-state index contributed by atoms with van der Waals surface area (Å²) >= 11 is 11.9. The summed E-state index contributed by atoms with van der Waals surface area (Å²) in [5, 5.41) is 0.628. The van der Waals surface area contributed by atoms with Gasteiger partial charge in [0.15, 0.2) is 23.1 Å². The second-order valence-electron chi connectivity index (χ2n) is 6.64. The van der Waals surface area contributed by atoms with E-state index in [1.54, 1.807) is 0 Å². The van der Waals surface area contributed by atoms with E-state index in [2.05, 4.69) is 9.98 Å². The van der Waals surface area contributed by atoms with Gasteiger partial charge in [0.25, 0.3) is 0 Å². The summed E-state index contributed by atoms with van der Waals surface area (Å²) in [6.45, 7) is 0. The number of halogens is 2. The van der Waals surface area contributed by atoms with E-state index in [1.807, 2.05) is 0 Å². The Balaban J connectivity index is 1.72. The molecule has 0 aromatic heterocycles. The fraction of sp³-hybridized carbons (Fsp3) is 0.100. The van der Waals surface area contributed by atoms with Crippen LogP contribution in [0.1, 0.15) is 20.7 Å². The normalized spacial score (nSPS) is 22.6. The van der Waals surface area contributed by atoms with E-state index < -0.39 is 35.0 Å². The van der Waals surface area contributed by atoms with Crippen LogP contribution < -0.4 is 0 Å². The zero-order valence-corrected chi connectivity index (χ0v) is 15.4. The minimum Gasteiger partial charge on any atom is -0.293 e. The van der Waals surface area contributed by atoms with Crippen molar-refractivity contribution in [1.82, 2.24) is 0 Å². The summed E-state index contributed by atoms with van der Waals surface area (Å²) in [5.41, 5.74) is 0.356. The molecule has 0 saturated heterocycles. The molecule has 2 aromatic carbocycles. The number of nitrogens with zero attached hydrogens (tertiary/aromatic N) is 2. The van der Waals surface area contributed by atoms with Gasteiger partial charge in [-0.15, -0.1) is 0 Å². The largest absolute Gasteiger partial charge is 0.293 e. The average Bonchev–Trinajstić information content (AvgIpc) is 2.67. The Labute approximate surface area is 167 Å². The monoisotopic (exact) mass is 410 g/mol. The number of Topliss-reactive ketones (excluding diaryl/α,β-unsaturated/α-hetero) is 4. The third kappa shape index (κ3) is 2.22. The third-order valence-corrected chi connectivity index (χ3v) is 5.50. The number of hydrogen-bond acceptors (Lipinski definition) is 6. The molecule has 8 heteroatoms. The first-order valence-electron chi connectivity index (χ1n) is 8.30. The van der Waals surface area contributed by atoms with Gasteiger partial charge in [-0.2, -0.15) is 0 Å². The predicted molar refractivity (Wildman–Crippen MR) is 103 cm³/mol. The summed E-state index contributed by atoms with van der Waals surface area (Å²) < 4.78 is 0. The van der Waals surface area contributed by atoms with E-state index in [4.69, 9.17) is 23.2 Å². The van der Waals surface area contributed by atoms with Gasteiger partial charge in [0.2, 0.25) is 0 Å².